The molecule has 1 unspecified atom stereocenters. The molecular weight excluding hydrogens is 380 g/mol. The van der Waals surface area contributed by atoms with Gasteiger partial charge in [-0.2, -0.15) is 5.26 Å². The number of phenols is 1. The number of fused-ring (bicyclic) bond motifs is 1. The monoisotopic (exact) mass is 404 g/mol. The number of benzene rings is 2. The summed E-state index contributed by atoms with van der Waals surface area (Å²) in [5.74, 6) is 0.0506. The Morgan fingerprint density at radius 3 is 2.80 bits per heavy atom. The number of phenolic OH excluding ortho intramolecular Hbond substituents is 1. The van der Waals surface area contributed by atoms with E-state index < -0.39 is 5.97 Å². The molecule has 0 fully saturated rings. The van der Waals surface area contributed by atoms with Crippen molar-refractivity contribution in [2.24, 2.45) is 5.92 Å². The van der Waals surface area contributed by atoms with E-state index in [9.17, 15) is 15.2 Å². The van der Waals surface area contributed by atoms with Crippen LogP contribution in [0.2, 0.25) is 0 Å². The number of esters is 1. The van der Waals surface area contributed by atoms with E-state index in [1.54, 1.807) is 42.5 Å². The molecule has 2 aromatic carbocycles. The maximum absolute atomic E-state index is 12.3. The molecule has 1 atom stereocenters. The molecule has 0 aliphatic carbocycles. The first-order chi connectivity index (χ1) is 14.5. The molecular formula is C24H24N2O4. The van der Waals surface area contributed by atoms with E-state index in [1.807, 2.05) is 6.07 Å². The lowest BCUT2D eigenvalue weighted by Gasteiger charge is -2.13. The quantitative estimate of drug-likeness (QED) is 0.303. The van der Waals surface area contributed by atoms with E-state index in [2.05, 4.69) is 18.8 Å². The summed E-state index contributed by atoms with van der Waals surface area (Å²) < 4.78 is 11.1. The molecule has 0 aliphatic heterocycles. The summed E-state index contributed by atoms with van der Waals surface area (Å²) in [6, 6.07) is 13.9. The van der Waals surface area contributed by atoms with Crippen LogP contribution >= 0.6 is 0 Å². The second-order valence-electron chi connectivity index (χ2n) is 7.09. The number of hydrogen-bond acceptors (Lipinski definition) is 6. The molecule has 0 bridgehead atoms. The van der Waals surface area contributed by atoms with Crippen molar-refractivity contribution in [2.45, 2.75) is 33.1 Å². The maximum atomic E-state index is 12.3. The summed E-state index contributed by atoms with van der Waals surface area (Å²) in [7, 11) is 0. The SMILES string of the molecule is CCCC(CC)COC(=O)/C(C#N)=C/c1ccc2nc(-c3ccccc3O)oc2c1. The minimum atomic E-state index is -0.625. The van der Waals surface area contributed by atoms with Crippen LogP contribution in [0.3, 0.4) is 0 Å². The summed E-state index contributed by atoms with van der Waals surface area (Å²) in [5, 5.41) is 19.4. The van der Waals surface area contributed by atoms with Gasteiger partial charge in [0.05, 0.1) is 12.2 Å². The van der Waals surface area contributed by atoms with Crippen molar-refractivity contribution in [2.75, 3.05) is 6.61 Å². The highest BCUT2D eigenvalue weighted by molar-refractivity contribution is 5.98. The summed E-state index contributed by atoms with van der Waals surface area (Å²) in [4.78, 5) is 16.7. The van der Waals surface area contributed by atoms with E-state index in [0.717, 1.165) is 19.3 Å². The zero-order valence-corrected chi connectivity index (χ0v) is 17.1. The number of oxazole rings is 1. The Labute approximate surface area is 175 Å². The van der Waals surface area contributed by atoms with Gasteiger partial charge in [-0.15, -0.1) is 0 Å². The summed E-state index contributed by atoms with van der Waals surface area (Å²) >= 11 is 0. The Bertz CT molecular complexity index is 1110. The van der Waals surface area contributed by atoms with E-state index in [-0.39, 0.29) is 11.3 Å². The van der Waals surface area contributed by atoms with Crippen LogP contribution in [0.15, 0.2) is 52.5 Å². The van der Waals surface area contributed by atoms with Crippen molar-refractivity contribution in [3.8, 4) is 23.3 Å². The number of hydrogen-bond donors (Lipinski definition) is 1. The first-order valence-electron chi connectivity index (χ1n) is 10.0. The van der Waals surface area contributed by atoms with Gasteiger partial charge in [0.1, 0.15) is 22.9 Å². The van der Waals surface area contributed by atoms with Crippen LogP contribution in [-0.2, 0) is 9.53 Å². The van der Waals surface area contributed by atoms with Crippen molar-refractivity contribution < 1.29 is 19.1 Å². The molecule has 0 saturated carbocycles. The third-order valence-corrected chi connectivity index (χ3v) is 4.92. The molecule has 0 aliphatic rings. The highest BCUT2D eigenvalue weighted by atomic mass is 16.5. The van der Waals surface area contributed by atoms with Gasteiger partial charge in [-0.25, -0.2) is 9.78 Å². The number of para-hydroxylation sites is 1. The first kappa shape index (κ1) is 21.1. The van der Waals surface area contributed by atoms with Gasteiger partial charge >= 0.3 is 5.97 Å². The second kappa shape index (κ2) is 9.75. The Balaban J connectivity index is 1.81. The molecule has 0 spiro atoms. The van der Waals surface area contributed by atoms with Crippen molar-refractivity contribution in [1.82, 2.24) is 4.98 Å². The highest BCUT2D eigenvalue weighted by Gasteiger charge is 2.15. The zero-order valence-electron chi connectivity index (χ0n) is 17.1. The van der Waals surface area contributed by atoms with Gasteiger partial charge in [-0.05, 0) is 48.2 Å². The van der Waals surface area contributed by atoms with Crippen LogP contribution < -0.4 is 0 Å². The van der Waals surface area contributed by atoms with Gasteiger partial charge < -0.3 is 14.3 Å². The Morgan fingerprint density at radius 2 is 2.10 bits per heavy atom. The van der Waals surface area contributed by atoms with Crippen LogP contribution in [0.5, 0.6) is 5.75 Å². The van der Waals surface area contributed by atoms with Gasteiger partial charge in [0.2, 0.25) is 5.89 Å². The number of carbonyl (C=O) groups excluding carboxylic acids is 1. The van der Waals surface area contributed by atoms with E-state index in [0.29, 0.717) is 40.6 Å². The lowest BCUT2D eigenvalue weighted by atomic mass is 10.0. The molecule has 0 saturated heterocycles. The van der Waals surface area contributed by atoms with Crippen molar-refractivity contribution in [3.63, 3.8) is 0 Å². The standard InChI is InChI=1S/C24H24N2O4/c1-3-7-16(4-2)15-29-24(28)18(14-25)12-17-10-11-20-22(13-17)30-23(26-20)19-8-5-6-9-21(19)27/h5-6,8-13,16,27H,3-4,7,15H2,1-2H3/b18-12+. The predicted octanol–water partition coefficient (Wildman–Crippen LogP) is 5.48. The third-order valence-electron chi connectivity index (χ3n) is 4.92. The van der Waals surface area contributed by atoms with Gasteiger partial charge in [-0.1, -0.05) is 44.9 Å². The Kier molecular flexibility index (Phi) is 6.87. The van der Waals surface area contributed by atoms with Gasteiger partial charge in [-0.3, -0.25) is 0 Å². The third kappa shape index (κ3) is 4.87. The van der Waals surface area contributed by atoms with Gasteiger partial charge in [0, 0.05) is 0 Å². The number of rotatable bonds is 8. The number of aromatic nitrogens is 1. The molecule has 0 amide bonds. The molecule has 30 heavy (non-hydrogen) atoms. The second-order valence-corrected chi connectivity index (χ2v) is 7.09. The first-order valence-corrected chi connectivity index (χ1v) is 10.0. The Morgan fingerprint density at radius 1 is 1.30 bits per heavy atom. The summed E-state index contributed by atoms with van der Waals surface area (Å²) in [6.07, 6.45) is 4.41. The number of aromatic hydroxyl groups is 1. The van der Waals surface area contributed by atoms with Crippen LogP contribution in [-0.4, -0.2) is 22.7 Å². The average molecular weight is 404 g/mol. The fourth-order valence-electron chi connectivity index (χ4n) is 3.19. The fourth-order valence-corrected chi connectivity index (χ4v) is 3.19. The highest BCUT2D eigenvalue weighted by Crippen LogP contribution is 2.31. The molecule has 0 radical (unpaired) electrons. The largest absolute Gasteiger partial charge is 0.507 e. The van der Waals surface area contributed by atoms with E-state index in [4.69, 9.17) is 9.15 Å². The topological polar surface area (TPSA) is 96.4 Å². The molecule has 1 heterocycles. The van der Waals surface area contributed by atoms with Crippen molar-refractivity contribution in [1.29, 1.82) is 5.26 Å². The van der Waals surface area contributed by atoms with Crippen LogP contribution in [0.4, 0.5) is 0 Å². The van der Waals surface area contributed by atoms with Crippen LogP contribution in [0.1, 0.15) is 38.7 Å². The zero-order chi connectivity index (χ0) is 21.5. The smallest absolute Gasteiger partial charge is 0.348 e. The minimum absolute atomic E-state index is 0.0684. The minimum Gasteiger partial charge on any atom is -0.507 e. The molecule has 3 aromatic rings. The average Bonchev–Trinajstić information content (AvgIpc) is 3.18. The number of nitriles is 1. The normalized spacial score (nSPS) is 12.5. The lowest BCUT2D eigenvalue weighted by Crippen LogP contribution is -2.14. The van der Waals surface area contributed by atoms with Gasteiger partial charge in [0.15, 0.2) is 5.58 Å². The maximum Gasteiger partial charge on any atom is 0.348 e. The van der Waals surface area contributed by atoms with E-state index in [1.165, 1.54) is 6.08 Å². The lowest BCUT2D eigenvalue weighted by molar-refractivity contribution is -0.139. The fraction of sp³-hybridized carbons (Fsp3) is 0.292. The number of carbonyl (C=O) groups is 1. The Hall–Kier alpha value is -3.59. The molecule has 154 valence electrons. The number of ether oxygens (including phenoxy) is 1. The molecule has 1 aromatic heterocycles. The van der Waals surface area contributed by atoms with Gasteiger partial charge in [0.25, 0.3) is 0 Å². The van der Waals surface area contributed by atoms with Crippen molar-refractivity contribution in [3.05, 3.63) is 53.6 Å². The molecule has 6 heteroatoms. The van der Waals surface area contributed by atoms with Crippen molar-refractivity contribution >= 4 is 23.1 Å². The van der Waals surface area contributed by atoms with E-state index >= 15 is 0 Å². The number of nitrogens with zero attached hydrogens (tertiary/aromatic N) is 2. The van der Waals surface area contributed by atoms with Crippen LogP contribution in [0, 0.1) is 17.2 Å². The molecule has 1 N–H and O–H groups in total. The summed E-state index contributed by atoms with van der Waals surface area (Å²) in [6.45, 7) is 4.47. The van der Waals surface area contributed by atoms with Crippen LogP contribution in [0.25, 0.3) is 28.6 Å². The predicted molar refractivity (Wildman–Crippen MR) is 114 cm³/mol. The molecule has 6 nitrogen and oxygen atoms in total. The molecule has 3 rings (SSSR count). The summed E-state index contributed by atoms with van der Waals surface area (Å²) in [5.41, 5.74) is 2.14.